The maximum Gasteiger partial charge on any atom is 0.136 e. The van der Waals surface area contributed by atoms with E-state index in [0.29, 0.717) is 0 Å². The van der Waals surface area contributed by atoms with E-state index in [2.05, 4.69) is 41.5 Å². The fourth-order valence-corrected chi connectivity index (χ4v) is 3.02. The van der Waals surface area contributed by atoms with Crippen LogP contribution >= 0.6 is 0 Å². The van der Waals surface area contributed by atoms with Crippen LogP contribution in [0.5, 0.6) is 0 Å². The van der Waals surface area contributed by atoms with Crippen LogP contribution in [-0.4, -0.2) is 25.6 Å². The molecule has 3 nitrogen and oxygen atoms in total. The second kappa shape index (κ2) is 5.80. The molecule has 1 aromatic carbocycles. The summed E-state index contributed by atoms with van der Waals surface area (Å²) in [5.41, 5.74) is 1.27. The van der Waals surface area contributed by atoms with Gasteiger partial charge in [0, 0.05) is 31.7 Å². The van der Waals surface area contributed by atoms with Crippen LogP contribution < -0.4 is 10.2 Å². The number of aromatic nitrogens is 1. The van der Waals surface area contributed by atoms with E-state index in [1.165, 1.54) is 35.6 Å². The molecule has 1 aliphatic rings. The maximum atomic E-state index is 4.72. The fraction of sp³-hybridized carbons (Fsp3) is 0.471. The highest BCUT2D eigenvalue weighted by atomic mass is 15.2. The summed E-state index contributed by atoms with van der Waals surface area (Å²) < 4.78 is 0. The first-order valence-electron chi connectivity index (χ1n) is 7.52. The molecule has 3 rings (SSSR count). The molecule has 0 spiro atoms. The summed E-state index contributed by atoms with van der Waals surface area (Å²) in [5, 5.41) is 5.80. The first kappa shape index (κ1) is 13.4. The number of hydrogen-bond donors (Lipinski definition) is 1. The smallest absolute Gasteiger partial charge is 0.136 e. The first-order chi connectivity index (χ1) is 9.79. The molecule has 1 aliphatic carbocycles. The van der Waals surface area contributed by atoms with Gasteiger partial charge in [-0.3, -0.25) is 0 Å². The van der Waals surface area contributed by atoms with Gasteiger partial charge in [-0.1, -0.05) is 30.7 Å². The van der Waals surface area contributed by atoms with Gasteiger partial charge in [0.15, 0.2) is 0 Å². The van der Waals surface area contributed by atoms with Gasteiger partial charge in [0.25, 0.3) is 0 Å². The summed E-state index contributed by atoms with van der Waals surface area (Å²) in [6.45, 7) is 1.99. The molecule has 0 bridgehead atoms. The summed E-state index contributed by atoms with van der Waals surface area (Å²) in [4.78, 5) is 7.05. The molecule has 1 N–H and O–H groups in total. The van der Waals surface area contributed by atoms with Crippen molar-refractivity contribution in [3.63, 3.8) is 0 Å². The molecule has 0 aliphatic heterocycles. The molecule has 106 valence electrons. The van der Waals surface area contributed by atoms with Crippen molar-refractivity contribution in [1.82, 2.24) is 10.3 Å². The number of nitrogens with one attached hydrogen (secondary N) is 1. The van der Waals surface area contributed by atoms with E-state index >= 15 is 0 Å². The van der Waals surface area contributed by atoms with Gasteiger partial charge in [-0.25, -0.2) is 4.98 Å². The van der Waals surface area contributed by atoms with Crippen LogP contribution in [-0.2, 0) is 6.54 Å². The second-order valence-corrected chi connectivity index (χ2v) is 5.86. The molecule has 1 aromatic heterocycles. The summed E-state index contributed by atoms with van der Waals surface area (Å²) in [7, 11) is 4.15. The highest BCUT2D eigenvalue weighted by Gasteiger charge is 2.20. The zero-order valence-electron chi connectivity index (χ0n) is 12.4. The van der Waals surface area contributed by atoms with E-state index < -0.39 is 0 Å². The predicted octanol–water partition coefficient (Wildman–Crippen LogP) is 3.19. The van der Waals surface area contributed by atoms with E-state index in [9.17, 15) is 0 Å². The Bertz CT molecular complexity index is 590. The average molecular weight is 269 g/mol. The van der Waals surface area contributed by atoms with E-state index in [0.717, 1.165) is 24.8 Å². The van der Waals surface area contributed by atoms with Crippen molar-refractivity contribution in [2.24, 2.45) is 5.92 Å². The minimum Gasteiger partial charge on any atom is -0.359 e. The largest absolute Gasteiger partial charge is 0.359 e. The lowest BCUT2D eigenvalue weighted by atomic mass is 9.85. The normalized spacial score (nSPS) is 15.3. The van der Waals surface area contributed by atoms with Crippen LogP contribution in [0, 0.1) is 5.92 Å². The third-order valence-corrected chi connectivity index (χ3v) is 4.34. The SMILES string of the molecule is CNCc1cnc(N(C)CC2CCC2)c2ccccc12. The van der Waals surface area contributed by atoms with Crippen molar-refractivity contribution >= 4 is 16.6 Å². The Balaban J connectivity index is 1.96. The van der Waals surface area contributed by atoms with E-state index in [1.54, 1.807) is 0 Å². The molecule has 3 heteroatoms. The molecule has 0 unspecified atom stereocenters. The summed E-state index contributed by atoms with van der Waals surface area (Å²) in [5.74, 6) is 1.98. The molecule has 1 heterocycles. The standard InChI is InChI=1S/C17H23N3/c1-18-10-14-11-19-17(16-9-4-3-8-15(14)16)20(2)12-13-6-5-7-13/h3-4,8-9,11,13,18H,5-7,10,12H2,1-2H3. The molecule has 0 radical (unpaired) electrons. The van der Waals surface area contributed by atoms with Crippen LogP contribution in [0.4, 0.5) is 5.82 Å². The Kier molecular flexibility index (Phi) is 3.88. The lowest BCUT2D eigenvalue weighted by Crippen LogP contribution is -2.30. The molecule has 2 aromatic rings. The summed E-state index contributed by atoms with van der Waals surface area (Å²) in [6, 6.07) is 8.60. The topological polar surface area (TPSA) is 28.2 Å². The Morgan fingerprint density at radius 2 is 2.00 bits per heavy atom. The van der Waals surface area contributed by atoms with Gasteiger partial charge in [-0.15, -0.1) is 0 Å². The number of benzene rings is 1. The third-order valence-electron chi connectivity index (χ3n) is 4.34. The zero-order valence-corrected chi connectivity index (χ0v) is 12.4. The van der Waals surface area contributed by atoms with Crippen molar-refractivity contribution in [3.8, 4) is 0 Å². The Morgan fingerprint density at radius 1 is 1.25 bits per heavy atom. The number of nitrogens with zero attached hydrogens (tertiary/aromatic N) is 2. The second-order valence-electron chi connectivity index (χ2n) is 5.86. The first-order valence-corrected chi connectivity index (χ1v) is 7.52. The van der Waals surface area contributed by atoms with Gasteiger partial charge in [-0.2, -0.15) is 0 Å². The van der Waals surface area contributed by atoms with Crippen molar-refractivity contribution in [3.05, 3.63) is 36.0 Å². The molecule has 0 saturated heterocycles. The van der Waals surface area contributed by atoms with Gasteiger partial charge in [0.1, 0.15) is 5.82 Å². The van der Waals surface area contributed by atoms with Crippen LogP contribution in [0.1, 0.15) is 24.8 Å². The predicted molar refractivity (Wildman–Crippen MR) is 85.1 cm³/mol. The summed E-state index contributed by atoms with van der Waals surface area (Å²) in [6.07, 6.45) is 6.17. The highest BCUT2D eigenvalue weighted by molar-refractivity contribution is 5.94. The number of anilines is 1. The Labute approximate surface area is 121 Å². The molecule has 1 saturated carbocycles. The van der Waals surface area contributed by atoms with Crippen molar-refractivity contribution in [1.29, 1.82) is 0 Å². The highest BCUT2D eigenvalue weighted by Crippen LogP contribution is 2.31. The lowest BCUT2D eigenvalue weighted by molar-refractivity contribution is 0.321. The van der Waals surface area contributed by atoms with Gasteiger partial charge >= 0.3 is 0 Å². The third kappa shape index (κ3) is 2.50. The molecule has 0 amide bonds. The Hall–Kier alpha value is -1.61. The molecular weight excluding hydrogens is 246 g/mol. The summed E-state index contributed by atoms with van der Waals surface area (Å²) >= 11 is 0. The molecule has 20 heavy (non-hydrogen) atoms. The van der Waals surface area contributed by atoms with E-state index in [-0.39, 0.29) is 0 Å². The molecule has 0 atom stereocenters. The molecular formula is C17H23N3. The van der Waals surface area contributed by atoms with Crippen LogP contribution in [0.25, 0.3) is 10.8 Å². The average Bonchev–Trinajstić information content (AvgIpc) is 2.43. The minimum atomic E-state index is 0.859. The number of pyridine rings is 1. The lowest BCUT2D eigenvalue weighted by Gasteiger charge is -2.31. The number of hydrogen-bond acceptors (Lipinski definition) is 3. The van der Waals surface area contributed by atoms with Crippen molar-refractivity contribution < 1.29 is 0 Å². The quantitative estimate of drug-likeness (QED) is 0.903. The van der Waals surface area contributed by atoms with Crippen LogP contribution in [0.15, 0.2) is 30.5 Å². The van der Waals surface area contributed by atoms with Gasteiger partial charge in [0.05, 0.1) is 0 Å². The minimum absolute atomic E-state index is 0.859. The monoisotopic (exact) mass is 269 g/mol. The van der Waals surface area contributed by atoms with Crippen molar-refractivity contribution in [2.75, 3.05) is 25.5 Å². The van der Waals surface area contributed by atoms with E-state index in [4.69, 9.17) is 4.98 Å². The van der Waals surface area contributed by atoms with Gasteiger partial charge in [-0.05, 0) is 36.8 Å². The van der Waals surface area contributed by atoms with E-state index in [1.807, 2.05) is 13.2 Å². The maximum absolute atomic E-state index is 4.72. The number of rotatable bonds is 5. The van der Waals surface area contributed by atoms with Crippen LogP contribution in [0.3, 0.4) is 0 Å². The zero-order chi connectivity index (χ0) is 13.9. The van der Waals surface area contributed by atoms with Crippen molar-refractivity contribution in [2.45, 2.75) is 25.8 Å². The fourth-order valence-electron chi connectivity index (χ4n) is 3.02. The van der Waals surface area contributed by atoms with Gasteiger partial charge in [0.2, 0.25) is 0 Å². The van der Waals surface area contributed by atoms with Gasteiger partial charge < -0.3 is 10.2 Å². The van der Waals surface area contributed by atoms with Crippen LogP contribution in [0.2, 0.25) is 0 Å². The number of fused-ring (bicyclic) bond motifs is 1. The Morgan fingerprint density at radius 3 is 2.65 bits per heavy atom. The molecule has 1 fully saturated rings.